The number of nitrogens with one attached hydrogen (secondary N) is 1. The Bertz CT molecular complexity index is 1460. The van der Waals surface area contributed by atoms with Crippen LogP contribution in [0.15, 0.2) is 92.2 Å². The van der Waals surface area contributed by atoms with E-state index in [9.17, 15) is 9.59 Å². The maximum atomic E-state index is 13.2. The molecule has 1 aliphatic rings. The topological polar surface area (TPSA) is 83.1 Å². The third-order valence-electron chi connectivity index (χ3n) is 5.45. The Kier molecular flexibility index (Phi) is 5.97. The standard InChI is InChI=1S/C25H19BrN4O3S/c1-3-14-34-25-27-23(32)22-18-6-4-5-7-19(18)29(15(2)31)24(30(22)28-25)21-13-12-20(33-21)16-8-10-17(26)11-9-16/h3-13,24H,1,14H2,2H3/p+1/t24-/m0/s1. The number of aromatic nitrogens is 3. The van der Waals surface area contributed by atoms with Crippen molar-refractivity contribution >= 4 is 39.3 Å². The molecule has 0 radical (unpaired) electrons. The molecular weight excluding hydrogens is 516 g/mol. The molecule has 0 spiro atoms. The van der Waals surface area contributed by atoms with E-state index in [-0.39, 0.29) is 11.5 Å². The fraction of sp³-hybridized carbons (Fsp3) is 0.120. The number of fused-ring (bicyclic) bond motifs is 3. The SMILES string of the molecule is C=CCSc1n[n+]2c(c(=O)[nH]1)-c1ccccc1N(C(C)=O)[C@@H]2c1ccc(-c2ccc(Br)cc2)o1. The van der Waals surface area contributed by atoms with Gasteiger partial charge in [-0.1, -0.05) is 58.0 Å². The number of carbonyl (C=O) groups is 1. The van der Waals surface area contributed by atoms with Crippen LogP contribution in [0.5, 0.6) is 0 Å². The van der Waals surface area contributed by atoms with E-state index in [1.54, 1.807) is 15.7 Å². The zero-order valence-corrected chi connectivity index (χ0v) is 20.6. The van der Waals surface area contributed by atoms with E-state index in [0.717, 1.165) is 10.0 Å². The number of para-hydroxylation sites is 1. The van der Waals surface area contributed by atoms with Crippen LogP contribution in [-0.2, 0) is 4.79 Å². The zero-order chi connectivity index (χ0) is 23.8. The number of nitrogens with zero attached hydrogens (tertiary/aromatic N) is 3. The van der Waals surface area contributed by atoms with Gasteiger partial charge in [-0.05, 0) is 41.1 Å². The fourth-order valence-electron chi connectivity index (χ4n) is 4.03. The highest BCUT2D eigenvalue weighted by molar-refractivity contribution is 9.10. The van der Waals surface area contributed by atoms with Gasteiger partial charge >= 0.3 is 17.4 Å². The Morgan fingerprint density at radius 3 is 2.74 bits per heavy atom. The molecule has 2 aromatic heterocycles. The van der Waals surface area contributed by atoms with Crippen molar-refractivity contribution in [1.29, 1.82) is 0 Å². The van der Waals surface area contributed by atoms with Gasteiger partial charge in [0.2, 0.25) is 11.1 Å². The molecule has 0 saturated heterocycles. The Hall–Kier alpha value is -3.43. The molecule has 4 aromatic rings. The second-order valence-corrected chi connectivity index (χ2v) is 9.57. The molecule has 34 heavy (non-hydrogen) atoms. The van der Waals surface area contributed by atoms with E-state index in [2.05, 4.69) is 27.5 Å². The normalized spacial score (nSPS) is 14.4. The molecule has 1 N–H and O–H groups in total. The van der Waals surface area contributed by atoms with Crippen LogP contribution in [0, 0.1) is 0 Å². The summed E-state index contributed by atoms with van der Waals surface area (Å²) in [5.74, 6) is 1.53. The summed E-state index contributed by atoms with van der Waals surface area (Å²) < 4.78 is 8.80. The zero-order valence-electron chi connectivity index (χ0n) is 18.2. The number of aromatic amines is 1. The van der Waals surface area contributed by atoms with Crippen molar-refractivity contribution in [3.05, 3.63) is 93.9 Å². The quantitative estimate of drug-likeness (QED) is 0.222. The fourth-order valence-corrected chi connectivity index (χ4v) is 4.88. The predicted molar refractivity (Wildman–Crippen MR) is 135 cm³/mol. The molecule has 3 heterocycles. The number of hydrogen-bond donors (Lipinski definition) is 1. The minimum atomic E-state index is -0.767. The van der Waals surface area contributed by atoms with E-state index in [1.807, 2.05) is 60.7 Å². The van der Waals surface area contributed by atoms with E-state index in [1.165, 1.54) is 18.7 Å². The van der Waals surface area contributed by atoms with Crippen LogP contribution in [0.25, 0.3) is 22.6 Å². The lowest BCUT2D eigenvalue weighted by Gasteiger charge is -2.30. The Morgan fingerprint density at radius 2 is 2.00 bits per heavy atom. The maximum Gasteiger partial charge on any atom is 0.325 e. The first-order chi connectivity index (χ1) is 16.5. The molecule has 2 aromatic carbocycles. The average molecular weight is 536 g/mol. The second kappa shape index (κ2) is 9.08. The largest absolute Gasteiger partial charge is 0.452 e. The molecule has 9 heteroatoms. The van der Waals surface area contributed by atoms with Crippen LogP contribution in [0.4, 0.5) is 5.69 Å². The van der Waals surface area contributed by atoms with Gasteiger partial charge in [0, 0.05) is 27.8 Å². The first-order valence-electron chi connectivity index (χ1n) is 10.5. The first kappa shape index (κ1) is 22.4. The van der Waals surface area contributed by atoms with Crippen molar-refractivity contribution in [3.63, 3.8) is 0 Å². The van der Waals surface area contributed by atoms with E-state index < -0.39 is 6.17 Å². The molecule has 1 amide bonds. The van der Waals surface area contributed by atoms with Gasteiger partial charge in [-0.3, -0.25) is 14.6 Å². The highest BCUT2D eigenvalue weighted by Gasteiger charge is 2.46. The van der Waals surface area contributed by atoms with Crippen LogP contribution < -0.4 is 15.1 Å². The van der Waals surface area contributed by atoms with Crippen LogP contribution in [0.3, 0.4) is 0 Å². The minimum absolute atomic E-state index is 0.195. The van der Waals surface area contributed by atoms with Gasteiger partial charge in [0.05, 0.1) is 11.3 Å². The third kappa shape index (κ3) is 3.91. The van der Waals surface area contributed by atoms with Crippen molar-refractivity contribution in [3.8, 4) is 22.6 Å². The Balaban J connectivity index is 1.72. The molecule has 1 atom stereocenters. The molecule has 170 valence electrons. The molecule has 5 rings (SSSR count). The third-order valence-corrected chi connectivity index (χ3v) is 6.83. The van der Waals surface area contributed by atoms with Gasteiger partial charge in [0.1, 0.15) is 5.76 Å². The van der Waals surface area contributed by atoms with Gasteiger partial charge in [-0.2, -0.15) is 0 Å². The number of thioether (sulfide) groups is 1. The summed E-state index contributed by atoms with van der Waals surface area (Å²) in [5.41, 5.74) is 2.22. The van der Waals surface area contributed by atoms with Crippen molar-refractivity contribution in [2.45, 2.75) is 18.2 Å². The summed E-state index contributed by atoms with van der Waals surface area (Å²) >= 11 is 4.80. The maximum absolute atomic E-state index is 13.2. The molecule has 1 aliphatic heterocycles. The van der Waals surface area contributed by atoms with E-state index >= 15 is 0 Å². The van der Waals surface area contributed by atoms with Crippen molar-refractivity contribution < 1.29 is 13.9 Å². The second-order valence-electron chi connectivity index (χ2n) is 7.64. The summed E-state index contributed by atoms with van der Waals surface area (Å²) in [5, 5.41) is 5.14. The smallest absolute Gasteiger partial charge is 0.325 e. The number of furan rings is 1. The summed E-state index contributed by atoms with van der Waals surface area (Å²) in [6.07, 6.45) is 0.970. The Morgan fingerprint density at radius 1 is 1.24 bits per heavy atom. The number of hydrogen-bond acceptors (Lipinski definition) is 5. The molecule has 0 aliphatic carbocycles. The van der Waals surface area contributed by atoms with Gasteiger partial charge in [0.25, 0.3) is 0 Å². The number of rotatable bonds is 5. The molecule has 7 nitrogen and oxygen atoms in total. The lowest BCUT2D eigenvalue weighted by Crippen LogP contribution is -2.60. The lowest BCUT2D eigenvalue weighted by atomic mass is 10.0. The molecule has 0 bridgehead atoms. The van der Waals surface area contributed by atoms with E-state index in [0.29, 0.717) is 39.4 Å². The highest BCUT2D eigenvalue weighted by Crippen LogP contribution is 2.38. The molecular formula is C25H20BrN4O3S+. The minimum Gasteiger partial charge on any atom is -0.452 e. The van der Waals surface area contributed by atoms with E-state index in [4.69, 9.17) is 9.52 Å². The number of anilines is 1. The number of H-pyrrole nitrogens is 1. The molecule has 0 fully saturated rings. The number of carbonyl (C=O) groups excluding carboxylic acids is 1. The number of halogens is 1. The van der Waals surface area contributed by atoms with Crippen molar-refractivity contribution in [2.75, 3.05) is 10.7 Å². The molecule has 0 saturated carbocycles. The Labute approximate surface area is 208 Å². The van der Waals surface area contributed by atoms with Gasteiger partial charge in [-0.15, -0.1) is 6.58 Å². The van der Waals surface area contributed by atoms with Crippen molar-refractivity contribution in [1.82, 2.24) is 10.1 Å². The van der Waals surface area contributed by atoms with Gasteiger partial charge < -0.3 is 4.42 Å². The summed E-state index contributed by atoms with van der Waals surface area (Å²) in [4.78, 5) is 30.6. The lowest BCUT2D eigenvalue weighted by molar-refractivity contribution is -0.764. The number of benzene rings is 2. The van der Waals surface area contributed by atoms with Crippen LogP contribution >= 0.6 is 27.7 Å². The summed E-state index contributed by atoms with van der Waals surface area (Å²) in [6, 6.07) is 18.8. The van der Waals surface area contributed by atoms with Crippen LogP contribution in [0.1, 0.15) is 18.8 Å². The van der Waals surface area contributed by atoms with Crippen LogP contribution in [-0.4, -0.2) is 21.7 Å². The number of amides is 1. The highest BCUT2D eigenvalue weighted by atomic mass is 79.9. The van der Waals surface area contributed by atoms with Gasteiger partial charge in [-0.25, -0.2) is 4.90 Å². The molecule has 0 unspecified atom stereocenters. The summed E-state index contributed by atoms with van der Waals surface area (Å²) in [6.45, 7) is 5.23. The van der Waals surface area contributed by atoms with Crippen molar-refractivity contribution in [2.24, 2.45) is 0 Å². The summed E-state index contributed by atoms with van der Waals surface area (Å²) in [7, 11) is 0. The van der Waals surface area contributed by atoms with Crippen LogP contribution in [0.2, 0.25) is 0 Å². The first-order valence-corrected chi connectivity index (χ1v) is 12.3. The predicted octanol–water partition coefficient (Wildman–Crippen LogP) is 4.94. The average Bonchev–Trinajstić information content (AvgIpc) is 3.31. The van der Waals surface area contributed by atoms with Gasteiger partial charge in [0.15, 0.2) is 5.76 Å². The monoisotopic (exact) mass is 535 g/mol.